The molecule has 6 heteroatoms. The second kappa shape index (κ2) is 9.19. The van der Waals surface area contributed by atoms with E-state index in [2.05, 4.69) is 16.0 Å². The normalized spacial score (nSPS) is 9.88. The number of hydrogen-bond acceptors (Lipinski definition) is 3. The number of rotatable bonds is 7. The van der Waals surface area contributed by atoms with Crippen LogP contribution in [0.3, 0.4) is 0 Å². The topological polar surface area (TPSA) is 79.5 Å². The summed E-state index contributed by atoms with van der Waals surface area (Å²) < 4.78 is 5.33. The van der Waals surface area contributed by atoms with Gasteiger partial charge in [-0.1, -0.05) is 30.3 Å². The van der Waals surface area contributed by atoms with Crippen LogP contribution in [0.2, 0.25) is 0 Å². The Kier molecular flexibility index (Phi) is 6.64. The summed E-state index contributed by atoms with van der Waals surface area (Å²) in [7, 11) is 0. The fraction of sp³-hybridized carbons (Fsp3) is 0.222. The smallest absolute Gasteiger partial charge is 0.315 e. The van der Waals surface area contributed by atoms with Crippen LogP contribution < -0.4 is 20.7 Å². The first-order chi connectivity index (χ1) is 11.7. The molecular weight excluding hydrogens is 306 g/mol. The summed E-state index contributed by atoms with van der Waals surface area (Å²) in [6, 6.07) is 16.2. The molecule has 24 heavy (non-hydrogen) atoms. The van der Waals surface area contributed by atoms with Gasteiger partial charge in [0.1, 0.15) is 5.75 Å². The quantitative estimate of drug-likeness (QED) is 0.731. The first kappa shape index (κ1) is 17.3. The molecule has 0 aliphatic carbocycles. The Balaban J connectivity index is 1.69. The molecule has 0 aromatic heterocycles. The number of amides is 3. The fourth-order valence-corrected chi connectivity index (χ4v) is 2.01. The van der Waals surface area contributed by atoms with Gasteiger partial charge in [0.05, 0.1) is 13.2 Å². The zero-order valence-electron chi connectivity index (χ0n) is 13.5. The van der Waals surface area contributed by atoms with Gasteiger partial charge in [-0.05, 0) is 36.8 Å². The van der Waals surface area contributed by atoms with Gasteiger partial charge in [0.15, 0.2) is 0 Å². The van der Waals surface area contributed by atoms with Crippen molar-refractivity contribution in [2.75, 3.05) is 18.5 Å². The largest absolute Gasteiger partial charge is 0.494 e. The Morgan fingerprint density at radius 3 is 2.33 bits per heavy atom. The Hall–Kier alpha value is -3.02. The molecule has 0 radical (unpaired) electrons. The molecule has 6 nitrogen and oxygen atoms in total. The van der Waals surface area contributed by atoms with Crippen LogP contribution in [0.1, 0.15) is 12.5 Å². The number of nitrogens with one attached hydrogen (secondary N) is 3. The summed E-state index contributed by atoms with van der Waals surface area (Å²) in [4.78, 5) is 23.5. The third-order valence-corrected chi connectivity index (χ3v) is 3.15. The van der Waals surface area contributed by atoms with Crippen molar-refractivity contribution < 1.29 is 14.3 Å². The summed E-state index contributed by atoms with van der Waals surface area (Å²) in [5.74, 6) is 0.447. The number of benzene rings is 2. The Labute approximate surface area is 141 Å². The van der Waals surface area contributed by atoms with Crippen molar-refractivity contribution in [2.24, 2.45) is 0 Å². The van der Waals surface area contributed by atoms with Crippen molar-refractivity contribution in [3.63, 3.8) is 0 Å². The molecule has 2 aromatic carbocycles. The number of anilines is 1. The summed E-state index contributed by atoms with van der Waals surface area (Å²) >= 11 is 0. The lowest BCUT2D eigenvalue weighted by Gasteiger charge is -2.09. The van der Waals surface area contributed by atoms with Gasteiger partial charge in [-0.2, -0.15) is 0 Å². The minimum Gasteiger partial charge on any atom is -0.494 e. The predicted molar refractivity (Wildman–Crippen MR) is 92.9 cm³/mol. The number of carbonyl (C=O) groups is 2. The first-order valence-electron chi connectivity index (χ1n) is 7.75. The third kappa shape index (κ3) is 6.00. The predicted octanol–water partition coefficient (Wildman–Crippen LogP) is 2.52. The van der Waals surface area contributed by atoms with Crippen molar-refractivity contribution in [1.29, 1.82) is 0 Å². The highest BCUT2D eigenvalue weighted by Crippen LogP contribution is 2.15. The van der Waals surface area contributed by atoms with Crippen LogP contribution in [0.25, 0.3) is 0 Å². The molecule has 3 N–H and O–H groups in total. The van der Waals surface area contributed by atoms with E-state index in [1.54, 1.807) is 24.3 Å². The average Bonchev–Trinajstić information content (AvgIpc) is 2.61. The molecule has 0 aliphatic rings. The second-order valence-electron chi connectivity index (χ2n) is 5.03. The van der Waals surface area contributed by atoms with Crippen LogP contribution in [0.4, 0.5) is 10.5 Å². The van der Waals surface area contributed by atoms with E-state index in [0.29, 0.717) is 18.8 Å². The zero-order valence-corrected chi connectivity index (χ0v) is 13.5. The lowest BCUT2D eigenvalue weighted by atomic mass is 10.2. The van der Waals surface area contributed by atoms with Crippen LogP contribution in [-0.4, -0.2) is 25.1 Å². The second-order valence-corrected chi connectivity index (χ2v) is 5.03. The molecular formula is C18H21N3O3. The van der Waals surface area contributed by atoms with Gasteiger partial charge in [-0.25, -0.2) is 4.79 Å². The van der Waals surface area contributed by atoms with E-state index in [0.717, 1.165) is 11.3 Å². The lowest BCUT2D eigenvalue weighted by molar-refractivity contribution is -0.115. The minimum atomic E-state index is -0.388. The van der Waals surface area contributed by atoms with Crippen LogP contribution in [-0.2, 0) is 11.3 Å². The summed E-state index contributed by atoms with van der Waals surface area (Å²) in [5, 5.41) is 7.91. The molecule has 0 saturated carbocycles. The van der Waals surface area contributed by atoms with Crippen molar-refractivity contribution in [3.8, 4) is 5.75 Å². The number of hydrogen-bond donors (Lipinski definition) is 3. The van der Waals surface area contributed by atoms with E-state index in [1.165, 1.54) is 0 Å². The first-order valence-corrected chi connectivity index (χ1v) is 7.75. The molecule has 0 aliphatic heterocycles. The van der Waals surface area contributed by atoms with Crippen LogP contribution in [0, 0.1) is 0 Å². The van der Waals surface area contributed by atoms with Gasteiger partial charge in [0, 0.05) is 12.2 Å². The standard InChI is InChI=1S/C18H21N3O3/c1-2-24-16-10-8-15(9-11-16)21-17(22)13-20-18(23)19-12-14-6-4-3-5-7-14/h3-11H,2,12-13H2,1H3,(H,21,22)(H2,19,20,23). The molecule has 0 heterocycles. The van der Waals surface area contributed by atoms with Gasteiger partial charge < -0.3 is 20.7 Å². The highest BCUT2D eigenvalue weighted by atomic mass is 16.5. The molecule has 2 rings (SSSR count). The van der Waals surface area contributed by atoms with E-state index in [-0.39, 0.29) is 18.5 Å². The Bertz CT molecular complexity index is 657. The van der Waals surface area contributed by atoms with E-state index >= 15 is 0 Å². The van der Waals surface area contributed by atoms with Crippen molar-refractivity contribution in [1.82, 2.24) is 10.6 Å². The van der Waals surface area contributed by atoms with Crippen LogP contribution >= 0.6 is 0 Å². The lowest BCUT2D eigenvalue weighted by Crippen LogP contribution is -2.39. The summed E-state index contributed by atoms with van der Waals surface area (Å²) in [5.41, 5.74) is 1.64. The fourth-order valence-electron chi connectivity index (χ4n) is 2.01. The molecule has 0 unspecified atom stereocenters. The van der Waals surface area contributed by atoms with E-state index < -0.39 is 0 Å². The molecule has 0 bridgehead atoms. The molecule has 3 amide bonds. The van der Waals surface area contributed by atoms with Crippen molar-refractivity contribution >= 4 is 17.6 Å². The molecule has 2 aromatic rings. The average molecular weight is 327 g/mol. The monoisotopic (exact) mass is 327 g/mol. The molecule has 0 fully saturated rings. The molecule has 0 saturated heterocycles. The van der Waals surface area contributed by atoms with Crippen LogP contribution in [0.15, 0.2) is 54.6 Å². The minimum absolute atomic E-state index is 0.103. The van der Waals surface area contributed by atoms with Crippen molar-refractivity contribution in [2.45, 2.75) is 13.5 Å². The van der Waals surface area contributed by atoms with Gasteiger partial charge in [-0.3, -0.25) is 4.79 Å². The maximum atomic E-state index is 11.8. The Morgan fingerprint density at radius 1 is 0.958 bits per heavy atom. The Morgan fingerprint density at radius 2 is 1.67 bits per heavy atom. The van der Waals surface area contributed by atoms with Gasteiger partial charge >= 0.3 is 6.03 Å². The van der Waals surface area contributed by atoms with E-state index in [4.69, 9.17) is 4.74 Å². The number of ether oxygens (including phenoxy) is 1. The summed E-state index contributed by atoms with van der Waals surface area (Å²) in [6.45, 7) is 2.80. The van der Waals surface area contributed by atoms with Crippen LogP contribution in [0.5, 0.6) is 5.75 Å². The number of carbonyl (C=O) groups excluding carboxylic acids is 2. The van der Waals surface area contributed by atoms with Gasteiger partial charge in [0.2, 0.25) is 5.91 Å². The molecule has 0 spiro atoms. The summed E-state index contributed by atoms with van der Waals surface area (Å²) in [6.07, 6.45) is 0. The number of urea groups is 1. The van der Waals surface area contributed by atoms with E-state index in [1.807, 2.05) is 37.3 Å². The van der Waals surface area contributed by atoms with E-state index in [9.17, 15) is 9.59 Å². The molecule has 0 atom stereocenters. The maximum absolute atomic E-state index is 11.8. The highest BCUT2D eigenvalue weighted by Gasteiger charge is 2.06. The maximum Gasteiger partial charge on any atom is 0.315 e. The van der Waals surface area contributed by atoms with Gasteiger partial charge in [-0.15, -0.1) is 0 Å². The molecule has 126 valence electrons. The SMILES string of the molecule is CCOc1ccc(NC(=O)CNC(=O)NCc2ccccc2)cc1. The zero-order chi connectivity index (χ0) is 17.2. The highest BCUT2D eigenvalue weighted by molar-refractivity contribution is 5.94. The third-order valence-electron chi connectivity index (χ3n) is 3.15. The van der Waals surface area contributed by atoms with Gasteiger partial charge in [0.25, 0.3) is 0 Å². The van der Waals surface area contributed by atoms with Crippen molar-refractivity contribution in [3.05, 3.63) is 60.2 Å².